The fraction of sp³-hybridized carbons (Fsp3) is 0.889. The minimum Gasteiger partial charge on any atom is -0.392 e. The lowest BCUT2D eigenvalue weighted by atomic mass is 9.97. The average Bonchev–Trinajstić information content (AvgIpc) is 2.75. The maximum absolute atomic E-state index is 5.48. The summed E-state index contributed by atoms with van der Waals surface area (Å²) in [5.41, 5.74) is 6.52. The largest absolute Gasteiger partial charge is 0.392 e. The van der Waals surface area contributed by atoms with Crippen LogP contribution in [0.1, 0.15) is 32.1 Å². The van der Waals surface area contributed by atoms with Gasteiger partial charge in [-0.15, -0.1) is 0 Å². The van der Waals surface area contributed by atoms with Gasteiger partial charge in [0, 0.05) is 13.0 Å². The van der Waals surface area contributed by atoms with Crippen molar-refractivity contribution in [2.45, 2.75) is 38.2 Å². The molecule has 2 N–H and O–H groups in total. The number of oxime groups is 1. The second-order valence-electron chi connectivity index (χ2n) is 3.75. The molecule has 0 amide bonds. The molecule has 3 nitrogen and oxygen atoms in total. The maximum atomic E-state index is 5.48. The van der Waals surface area contributed by atoms with Gasteiger partial charge in [-0.25, -0.2) is 0 Å². The van der Waals surface area contributed by atoms with Crippen molar-refractivity contribution < 1.29 is 4.84 Å². The van der Waals surface area contributed by atoms with Gasteiger partial charge in [0.1, 0.15) is 6.10 Å². The molecule has 1 heterocycles. The molecule has 1 aliphatic carbocycles. The summed E-state index contributed by atoms with van der Waals surface area (Å²) in [6, 6.07) is 0. The second-order valence-corrected chi connectivity index (χ2v) is 3.75. The Balaban J connectivity index is 1.85. The van der Waals surface area contributed by atoms with Crippen LogP contribution in [0.4, 0.5) is 0 Å². The quantitative estimate of drug-likeness (QED) is 0.675. The van der Waals surface area contributed by atoms with Crippen LogP contribution in [0.15, 0.2) is 5.16 Å². The molecule has 0 spiro atoms. The van der Waals surface area contributed by atoms with Gasteiger partial charge in [-0.05, 0) is 18.8 Å². The minimum absolute atomic E-state index is 0.353. The van der Waals surface area contributed by atoms with Crippen LogP contribution in [0.2, 0.25) is 0 Å². The molecule has 0 aromatic rings. The van der Waals surface area contributed by atoms with E-state index in [4.69, 9.17) is 10.6 Å². The summed E-state index contributed by atoms with van der Waals surface area (Å²) in [7, 11) is 0. The van der Waals surface area contributed by atoms with Crippen LogP contribution >= 0.6 is 0 Å². The van der Waals surface area contributed by atoms with Crippen LogP contribution in [0.5, 0.6) is 0 Å². The highest BCUT2D eigenvalue weighted by molar-refractivity contribution is 5.87. The van der Waals surface area contributed by atoms with Crippen molar-refractivity contribution in [1.29, 1.82) is 0 Å². The Bertz CT molecular complexity index is 185. The first kappa shape index (κ1) is 8.05. The van der Waals surface area contributed by atoms with Gasteiger partial charge in [-0.2, -0.15) is 0 Å². The monoisotopic (exact) mass is 168 g/mol. The molecule has 3 heteroatoms. The van der Waals surface area contributed by atoms with E-state index in [1.54, 1.807) is 0 Å². The van der Waals surface area contributed by atoms with Crippen molar-refractivity contribution in [1.82, 2.24) is 0 Å². The van der Waals surface area contributed by atoms with E-state index in [0.717, 1.165) is 18.1 Å². The smallest absolute Gasteiger partial charge is 0.135 e. The predicted molar refractivity (Wildman–Crippen MR) is 47.9 cm³/mol. The van der Waals surface area contributed by atoms with Crippen molar-refractivity contribution in [2.75, 3.05) is 6.54 Å². The number of hydrogen-bond donors (Lipinski definition) is 1. The SMILES string of the molecule is NCC1=NOC(C2CCCC2)C1. The van der Waals surface area contributed by atoms with Crippen molar-refractivity contribution >= 4 is 5.71 Å². The lowest BCUT2D eigenvalue weighted by Crippen LogP contribution is -2.20. The first-order valence-corrected chi connectivity index (χ1v) is 4.82. The number of hydrogen-bond acceptors (Lipinski definition) is 3. The molecule has 0 radical (unpaired) electrons. The molecular weight excluding hydrogens is 152 g/mol. The van der Waals surface area contributed by atoms with Crippen LogP contribution < -0.4 is 5.73 Å². The Morgan fingerprint density at radius 1 is 1.42 bits per heavy atom. The van der Waals surface area contributed by atoms with Gasteiger partial charge >= 0.3 is 0 Å². The van der Waals surface area contributed by atoms with Gasteiger partial charge in [0.25, 0.3) is 0 Å². The summed E-state index contributed by atoms with van der Waals surface area (Å²) in [6.07, 6.45) is 6.69. The van der Waals surface area contributed by atoms with Crippen molar-refractivity contribution in [3.63, 3.8) is 0 Å². The van der Waals surface area contributed by atoms with Gasteiger partial charge in [0.2, 0.25) is 0 Å². The third-order valence-electron chi connectivity index (χ3n) is 2.92. The molecule has 68 valence electrons. The lowest BCUT2D eigenvalue weighted by Gasteiger charge is -2.14. The molecule has 0 saturated heterocycles. The normalized spacial score (nSPS) is 30.4. The Hall–Kier alpha value is -0.570. The Morgan fingerprint density at radius 3 is 2.75 bits per heavy atom. The standard InChI is InChI=1S/C9H16N2O/c10-6-8-5-9(12-11-8)7-3-1-2-4-7/h7,9H,1-6,10H2. The van der Waals surface area contributed by atoms with Gasteiger partial charge < -0.3 is 10.6 Å². The van der Waals surface area contributed by atoms with Crippen molar-refractivity contribution in [3.05, 3.63) is 0 Å². The fourth-order valence-corrected chi connectivity index (χ4v) is 2.15. The first-order chi connectivity index (χ1) is 5.90. The third kappa shape index (κ3) is 1.46. The lowest BCUT2D eigenvalue weighted by molar-refractivity contribution is 0.0425. The molecule has 1 saturated carbocycles. The molecule has 2 rings (SSSR count). The highest BCUT2D eigenvalue weighted by Crippen LogP contribution is 2.32. The van der Waals surface area contributed by atoms with E-state index in [1.165, 1.54) is 25.7 Å². The number of rotatable bonds is 2. The Kier molecular flexibility index (Phi) is 2.30. The van der Waals surface area contributed by atoms with Crippen LogP contribution in [-0.4, -0.2) is 18.4 Å². The Labute approximate surface area is 72.9 Å². The molecule has 1 fully saturated rings. The highest BCUT2D eigenvalue weighted by atomic mass is 16.6. The molecule has 1 atom stereocenters. The fourth-order valence-electron chi connectivity index (χ4n) is 2.15. The van der Waals surface area contributed by atoms with Gasteiger partial charge in [-0.3, -0.25) is 0 Å². The van der Waals surface area contributed by atoms with Gasteiger partial charge in [0.05, 0.1) is 5.71 Å². The van der Waals surface area contributed by atoms with Gasteiger partial charge in [-0.1, -0.05) is 18.0 Å². The summed E-state index contributed by atoms with van der Waals surface area (Å²) in [6.45, 7) is 0.559. The van der Waals surface area contributed by atoms with E-state index in [2.05, 4.69) is 5.16 Å². The van der Waals surface area contributed by atoms with E-state index >= 15 is 0 Å². The maximum Gasteiger partial charge on any atom is 0.135 e. The van der Waals surface area contributed by atoms with Crippen LogP contribution in [0, 0.1) is 5.92 Å². The molecule has 1 unspecified atom stereocenters. The molecular formula is C9H16N2O. The minimum atomic E-state index is 0.353. The first-order valence-electron chi connectivity index (χ1n) is 4.82. The Morgan fingerprint density at radius 2 is 2.17 bits per heavy atom. The zero-order chi connectivity index (χ0) is 8.39. The van der Waals surface area contributed by atoms with Crippen LogP contribution in [-0.2, 0) is 4.84 Å². The van der Waals surface area contributed by atoms with Crippen LogP contribution in [0.25, 0.3) is 0 Å². The molecule has 2 aliphatic rings. The molecule has 0 aromatic carbocycles. The number of nitrogens with two attached hydrogens (primary N) is 1. The summed E-state index contributed by atoms with van der Waals surface area (Å²) < 4.78 is 0. The van der Waals surface area contributed by atoms with E-state index in [-0.39, 0.29) is 0 Å². The summed E-state index contributed by atoms with van der Waals surface area (Å²) in [4.78, 5) is 5.35. The van der Waals surface area contributed by atoms with E-state index < -0.39 is 0 Å². The second kappa shape index (κ2) is 3.44. The number of nitrogens with zero attached hydrogens (tertiary/aromatic N) is 1. The molecule has 0 bridgehead atoms. The predicted octanol–water partition coefficient (Wildman–Crippen LogP) is 1.28. The zero-order valence-corrected chi connectivity index (χ0v) is 7.33. The summed E-state index contributed by atoms with van der Waals surface area (Å²) in [5.74, 6) is 0.748. The average molecular weight is 168 g/mol. The highest BCUT2D eigenvalue weighted by Gasteiger charge is 2.30. The van der Waals surface area contributed by atoms with E-state index in [0.29, 0.717) is 12.6 Å². The van der Waals surface area contributed by atoms with E-state index in [9.17, 15) is 0 Å². The van der Waals surface area contributed by atoms with Crippen molar-refractivity contribution in [2.24, 2.45) is 16.8 Å². The molecule has 1 aliphatic heterocycles. The third-order valence-corrected chi connectivity index (χ3v) is 2.92. The molecule has 0 aromatic heterocycles. The summed E-state index contributed by atoms with van der Waals surface area (Å²) >= 11 is 0. The summed E-state index contributed by atoms with van der Waals surface area (Å²) in [5, 5.41) is 3.97. The molecule has 12 heavy (non-hydrogen) atoms. The van der Waals surface area contributed by atoms with E-state index in [1.807, 2.05) is 0 Å². The van der Waals surface area contributed by atoms with Crippen molar-refractivity contribution in [3.8, 4) is 0 Å². The zero-order valence-electron chi connectivity index (χ0n) is 7.33. The van der Waals surface area contributed by atoms with Gasteiger partial charge in [0.15, 0.2) is 0 Å². The topological polar surface area (TPSA) is 47.6 Å². The van der Waals surface area contributed by atoms with Crippen LogP contribution in [0.3, 0.4) is 0 Å².